The zero-order valence-corrected chi connectivity index (χ0v) is 13.0. The Morgan fingerprint density at radius 2 is 1.78 bits per heavy atom. The van der Waals surface area contributed by atoms with Crippen molar-refractivity contribution in [3.8, 4) is 0 Å². The molecule has 0 saturated carbocycles. The molecule has 0 aliphatic carbocycles. The van der Waals surface area contributed by atoms with Crippen molar-refractivity contribution in [3.63, 3.8) is 0 Å². The van der Waals surface area contributed by atoms with E-state index >= 15 is 0 Å². The second-order valence-electron chi connectivity index (χ2n) is 5.25. The zero-order valence-electron chi connectivity index (χ0n) is 13.0. The predicted molar refractivity (Wildman–Crippen MR) is 86.6 cm³/mol. The van der Waals surface area contributed by atoms with Crippen molar-refractivity contribution >= 4 is 11.8 Å². The summed E-state index contributed by atoms with van der Waals surface area (Å²) in [6.07, 6.45) is 1.43. The molecule has 2 rings (SSSR count). The van der Waals surface area contributed by atoms with Gasteiger partial charge in [0.1, 0.15) is 0 Å². The summed E-state index contributed by atoms with van der Waals surface area (Å²) in [5.41, 5.74) is 7.03. The number of carbonyl (C=O) groups is 2. The topological polar surface area (TPSA) is 97.4 Å². The van der Waals surface area contributed by atoms with Crippen molar-refractivity contribution in [1.29, 1.82) is 0 Å². The number of nitrogens with two attached hydrogens (primary N) is 1. The van der Waals surface area contributed by atoms with Gasteiger partial charge < -0.3 is 20.8 Å². The van der Waals surface area contributed by atoms with Gasteiger partial charge in [0, 0.05) is 19.1 Å². The third-order valence-corrected chi connectivity index (χ3v) is 3.59. The summed E-state index contributed by atoms with van der Waals surface area (Å²) < 4.78 is 4.98. The first-order valence-electron chi connectivity index (χ1n) is 7.49. The van der Waals surface area contributed by atoms with Crippen LogP contribution in [0.2, 0.25) is 0 Å². The average Bonchev–Trinajstić information content (AvgIpc) is 3.12. The summed E-state index contributed by atoms with van der Waals surface area (Å²) >= 11 is 0. The van der Waals surface area contributed by atoms with Gasteiger partial charge in [0.05, 0.1) is 12.2 Å². The predicted octanol–water partition coefficient (Wildman–Crippen LogP) is 1.46. The quantitative estimate of drug-likeness (QED) is 0.674. The lowest BCUT2D eigenvalue weighted by molar-refractivity contribution is -0.125. The maximum Gasteiger partial charge on any atom is 0.287 e. The lowest BCUT2D eigenvalue weighted by Gasteiger charge is -2.19. The van der Waals surface area contributed by atoms with E-state index < -0.39 is 0 Å². The first-order chi connectivity index (χ1) is 11.1. The van der Waals surface area contributed by atoms with Gasteiger partial charge in [-0.05, 0) is 17.7 Å². The van der Waals surface area contributed by atoms with Gasteiger partial charge in [0.25, 0.3) is 5.91 Å². The molecule has 0 aliphatic heterocycles. The van der Waals surface area contributed by atoms with Crippen LogP contribution in [0.25, 0.3) is 0 Å². The van der Waals surface area contributed by atoms with E-state index in [0.29, 0.717) is 13.1 Å². The monoisotopic (exact) mass is 315 g/mol. The fraction of sp³-hybridized carbons (Fsp3) is 0.294. The van der Waals surface area contributed by atoms with Crippen LogP contribution in [0.15, 0.2) is 53.1 Å². The molecule has 6 heteroatoms. The molecule has 0 radical (unpaired) electrons. The highest BCUT2D eigenvalue weighted by atomic mass is 16.3. The Hall–Kier alpha value is -2.60. The van der Waals surface area contributed by atoms with Gasteiger partial charge in [-0.1, -0.05) is 37.3 Å². The number of nitrogens with one attached hydrogen (secondary N) is 2. The summed E-state index contributed by atoms with van der Waals surface area (Å²) in [6, 6.07) is 12.3. The Morgan fingerprint density at radius 3 is 2.43 bits per heavy atom. The molecule has 23 heavy (non-hydrogen) atoms. The third kappa shape index (κ3) is 4.69. The fourth-order valence-corrected chi connectivity index (χ4v) is 2.14. The van der Waals surface area contributed by atoms with Gasteiger partial charge in [-0.15, -0.1) is 0 Å². The minimum Gasteiger partial charge on any atom is -0.459 e. The van der Waals surface area contributed by atoms with Gasteiger partial charge in [-0.2, -0.15) is 0 Å². The van der Waals surface area contributed by atoms with Gasteiger partial charge in [-0.3, -0.25) is 9.59 Å². The van der Waals surface area contributed by atoms with Crippen LogP contribution in [0.3, 0.4) is 0 Å². The molecule has 6 nitrogen and oxygen atoms in total. The standard InChI is InChI=1S/C17H21N3O3/c1-12(15(18)13-6-3-2-4-7-13)16(21)19-9-10-20-17(22)14-8-5-11-23-14/h2-8,11-12,15H,9-10,18H2,1H3,(H,19,21)(H,20,22). The number of hydrogen-bond donors (Lipinski definition) is 3. The van der Waals surface area contributed by atoms with Crippen molar-refractivity contribution in [2.45, 2.75) is 13.0 Å². The number of amides is 2. The van der Waals surface area contributed by atoms with E-state index in [9.17, 15) is 9.59 Å². The maximum atomic E-state index is 12.1. The highest BCUT2D eigenvalue weighted by molar-refractivity contribution is 5.91. The molecule has 0 saturated heterocycles. The smallest absolute Gasteiger partial charge is 0.287 e. The van der Waals surface area contributed by atoms with Gasteiger partial charge in [-0.25, -0.2) is 0 Å². The third-order valence-electron chi connectivity index (χ3n) is 3.59. The van der Waals surface area contributed by atoms with Crippen LogP contribution in [0, 0.1) is 5.92 Å². The Bertz CT molecular complexity index is 626. The summed E-state index contributed by atoms with van der Waals surface area (Å²) in [6.45, 7) is 2.43. The molecule has 4 N–H and O–H groups in total. The van der Waals surface area contributed by atoms with Crippen LogP contribution >= 0.6 is 0 Å². The molecule has 2 unspecified atom stereocenters. The van der Waals surface area contributed by atoms with E-state index in [2.05, 4.69) is 10.6 Å². The highest BCUT2D eigenvalue weighted by Crippen LogP contribution is 2.18. The molecule has 0 fully saturated rings. The number of furan rings is 1. The number of benzene rings is 1. The average molecular weight is 315 g/mol. The molecule has 0 spiro atoms. The highest BCUT2D eigenvalue weighted by Gasteiger charge is 2.21. The summed E-state index contributed by atoms with van der Waals surface area (Å²) in [7, 11) is 0. The molecule has 1 aromatic carbocycles. The van der Waals surface area contributed by atoms with E-state index in [4.69, 9.17) is 10.2 Å². The van der Waals surface area contributed by atoms with Crippen LogP contribution in [0.1, 0.15) is 29.1 Å². The molecular formula is C17H21N3O3. The summed E-state index contributed by atoms with van der Waals surface area (Å²) in [5.74, 6) is -0.569. The van der Waals surface area contributed by atoms with E-state index in [-0.39, 0.29) is 29.5 Å². The second kappa shape index (κ2) is 8.14. The number of carbonyl (C=O) groups excluding carboxylic acids is 2. The SMILES string of the molecule is CC(C(=O)NCCNC(=O)c1ccco1)C(N)c1ccccc1. The molecule has 0 bridgehead atoms. The van der Waals surface area contributed by atoms with Crippen LogP contribution in [0.5, 0.6) is 0 Å². The minimum atomic E-state index is -0.367. The lowest BCUT2D eigenvalue weighted by Crippen LogP contribution is -2.39. The van der Waals surface area contributed by atoms with Crippen molar-refractivity contribution in [2.75, 3.05) is 13.1 Å². The molecule has 1 aromatic heterocycles. The first-order valence-corrected chi connectivity index (χ1v) is 7.49. The molecule has 2 aromatic rings. The molecule has 1 heterocycles. The Kier molecular flexibility index (Phi) is 5.94. The van der Waals surface area contributed by atoms with E-state index in [1.54, 1.807) is 19.1 Å². The van der Waals surface area contributed by atoms with Crippen molar-refractivity contribution in [1.82, 2.24) is 10.6 Å². The van der Waals surface area contributed by atoms with Crippen molar-refractivity contribution in [3.05, 3.63) is 60.1 Å². The van der Waals surface area contributed by atoms with E-state index in [0.717, 1.165) is 5.56 Å². The molecule has 0 aliphatic rings. The van der Waals surface area contributed by atoms with Crippen LogP contribution in [0.4, 0.5) is 0 Å². The Balaban J connectivity index is 1.73. The molecule has 2 amide bonds. The van der Waals surface area contributed by atoms with Gasteiger partial charge >= 0.3 is 0 Å². The van der Waals surface area contributed by atoms with Crippen molar-refractivity contribution < 1.29 is 14.0 Å². The second-order valence-corrected chi connectivity index (χ2v) is 5.25. The van der Waals surface area contributed by atoms with Crippen LogP contribution in [-0.4, -0.2) is 24.9 Å². The van der Waals surface area contributed by atoms with Crippen LogP contribution in [-0.2, 0) is 4.79 Å². The van der Waals surface area contributed by atoms with Crippen molar-refractivity contribution in [2.24, 2.45) is 11.7 Å². The Labute approximate surface area is 135 Å². The van der Waals surface area contributed by atoms with E-state index in [1.807, 2.05) is 30.3 Å². The van der Waals surface area contributed by atoms with Gasteiger partial charge in [0.2, 0.25) is 5.91 Å². The van der Waals surface area contributed by atoms with Gasteiger partial charge in [0.15, 0.2) is 5.76 Å². The normalized spacial score (nSPS) is 13.1. The zero-order chi connectivity index (χ0) is 16.7. The maximum absolute atomic E-state index is 12.1. The Morgan fingerprint density at radius 1 is 1.09 bits per heavy atom. The largest absolute Gasteiger partial charge is 0.459 e. The fourth-order valence-electron chi connectivity index (χ4n) is 2.14. The summed E-state index contributed by atoms with van der Waals surface area (Å²) in [5, 5.41) is 5.43. The number of rotatable bonds is 7. The minimum absolute atomic E-state index is 0.145. The molecule has 122 valence electrons. The lowest BCUT2D eigenvalue weighted by atomic mass is 9.95. The van der Waals surface area contributed by atoms with Crippen LogP contribution < -0.4 is 16.4 Å². The van der Waals surface area contributed by atoms with E-state index in [1.165, 1.54) is 6.26 Å². The molecule has 2 atom stereocenters. The molecular weight excluding hydrogens is 294 g/mol. The number of hydrogen-bond acceptors (Lipinski definition) is 4. The first kappa shape index (κ1) is 16.8. The summed E-state index contributed by atoms with van der Waals surface area (Å²) in [4.78, 5) is 23.7.